The van der Waals surface area contributed by atoms with Crippen LogP contribution in [0.15, 0.2) is 65.6 Å². The SMILES string of the molecule is CSc1cccc(Nc2cc(-c3ccccc3)nc(NC(C)C)n2)c1. The number of benzene rings is 2. The maximum atomic E-state index is 4.65. The first-order valence-corrected chi connectivity index (χ1v) is 9.48. The lowest BCUT2D eigenvalue weighted by Gasteiger charge is -2.13. The highest BCUT2D eigenvalue weighted by Gasteiger charge is 2.08. The number of anilines is 3. The van der Waals surface area contributed by atoms with Gasteiger partial charge in [0.15, 0.2) is 0 Å². The van der Waals surface area contributed by atoms with Crippen LogP contribution in [0.1, 0.15) is 13.8 Å². The third-order valence-electron chi connectivity index (χ3n) is 3.56. The van der Waals surface area contributed by atoms with Gasteiger partial charge < -0.3 is 10.6 Å². The van der Waals surface area contributed by atoms with E-state index in [-0.39, 0.29) is 6.04 Å². The van der Waals surface area contributed by atoms with Gasteiger partial charge in [0.1, 0.15) is 5.82 Å². The highest BCUT2D eigenvalue weighted by Crippen LogP contribution is 2.25. The lowest BCUT2D eigenvalue weighted by Crippen LogP contribution is -2.13. The molecule has 0 aliphatic carbocycles. The number of nitrogens with zero attached hydrogens (tertiary/aromatic N) is 2. The fourth-order valence-electron chi connectivity index (χ4n) is 2.44. The second-order valence-corrected chi connectivity index (χ2v) is 6.86. The van der Waals surface area contributed by atoms with Crippen molar-refractivity contribution in [3.8, 4) is 11.3 Å². The van der Waals surface area contributed by atoms with Crippen LogP contribution >= 0.6 is 11.8 Å². The molecule has 128 valence electrons. The molecule has 0 aliphatic heterocycles. The second kappa shape index (κ2) is 8.03. The maximum Gasteiger partial charge on any atom is 0.225 e. The highest BCUT2D eigenvalue weighted by atomic mass is 32.2. The maximum absolute atomic E-state index is 4.65. The fraction of sp³-hybridized carbons (Fsp3) is 0.200. The van der Waals surface area contributed by atoms with E-state index in [9.17, 15) is 0 Å². The first-order valence-electron chi connectivity index (χ1n) is 8.26. The summed E-state index contributed by atoms with van der Waals surface area (Å²) >= 11 is 1.72. The van der Waals surface area contributed by atoms with E-state index in [1.54, 1.807) is 11.8 Å². The molecule has 4 nitrogen and oxygen atoms in total. The number of nitrogens with one attached hydrogen (secondary N) is 2. The van der Waals surface area contributed by atoms with Gasteiger partial charge in [-0.15, -0.1) is 11.8 Å². The van der Waals surface area contributed by atoms with E-state index in [0.717, 1.165) is 22.8 Å². The number of rotatable bonds is 6. The molecular formula is C20H22N4S. The van der Waals surface area contributed by atoms with Crippen molar-refractivity contribution in [1.29, 1.82) is 0 Å². The summed E-state index contributed by atoms with van der Waals surface area (Å²) in [6, 6.07) is 20.7. The average Bonchev–Trinajstić information content (AvgIpc) is 2.62. The molecule has 2 N–H and O–H groups in total. The van der Waals surface area contributed by atoms with E-state index in [2.05, 4.69) is 65.0 Å². The highest BCUT2D eigenvalue weighted by molar-refractivity contribution is 7.98. The van der Waals surface area contributed by atoms with Crippen molar-refractivity contribution in [2.75, 3.05) is 16.9 Å². The lowest BCUT2D eigenvalue weighted by molar-refractivity contribution is 0.876. The largest absolute Gasteiger partial charge is 0.352 e. The van der Waals surface area contributed by atoms with E-state index in [1.165, 1.54) is 4.90 Å². The predicted octanol–water partition coefficient (Wildman–Crippen LogP) is 5.43. The van der Waals surface area contributed by atoms with Gasteiger partial charge in [0.2, 0.25) is 5.95 Å². The zero-order valence-electron chi connectivity index (χ0n) is 14.7. The van der Waals surface area contributed by atoms with Gasteiger partial charge in [0.05, 0.1) is 5.69 Å². The minimum absolute atomic E-state index is 0.263. The number of thioether (sulfide) groups is 1. The quantitative estimate of drug-likeness (QED) is 0.581. The smallest absolute Gasteiger partial charge is 0.225 e. The molecule has 1 aromatic heterocycles. The van der Waals surface area contributed by atoms with E-state index in [4.69, 9.17) is 0 Å². The molecule has 3 aromatic rings. The zero-order valence-corrected chi connectivity index (χ0v) is 15.5. The molecule has 0 atom stereocenters. The molecule has 0 amide bonds. The number of aromatic nitrogens is 2. The Morgan fingerprint density at radius 3 is 2.44 bits per heavy atom. The normalized spacial score (nSPS) is 10.7. The molecule has 0 radical (unpaired) electrons. The third kappa shape index (κ3) is 4.73. The molecule has 0 aliphatic rings. The fourth-order valence-corrected chi connectivity index (χ4v) is 2.90. The molecule has 2 aromatic carbocycles. The van der Waals surface area contributed by atoms with Crippen molar-refractivity contribution < 1.29 is 0 Å². The Labute approximate surface area is 153 Å². The van der Waals surface area contributed by atoms with Gasteiger partial charge in [0, 0.05) is 28.3 Å². The summed E-state index contributed by atoms with van der Waals surface area (Å²) in [6.45, 7) is 4.15. The Balaban J connectivity index is 1.96. The van der Waals surface area contributed by atoms with Crippen LogP contribution in [-0.2, 0) is 0 Å². The van der Waals surface area contributed by atoms with Crippen LogP contribution in [0.25, 0.3) is 11.3 Å². The summed E-state index contributed by atoms with van der Waals surface area (Å²) in [5, 5.41) is 6.70. The minimum atomic E-state index is 0.263. The monoisotopic (exact) mass is 350 g/mol. The molecule has 0 fully saturated rings. The van der Waals surface area contributed by atoms with E-state index in [0.29, 0.717) is 5.95 Å². The van der Waals surface area contributed by atoms with E-state index < -0.39 is 0 Å². The van der Waals surface area contributed by atoms with E-state index >= 15 is 0 Å². The summed E-state index contributed by atoms with van der Waals surface area (Å²) < 4.78 is 0. The van der Waals surface area contributed by atoms with Gasteiger partial charge in [0.25, 0.3) is 0 Å². The second-order valence-electron chi connectivity index (χ2n) is 5.98. The average molecular weight is 350 g/mol. The number of hydrogen-bond acceptors (Lipinski definition) is 5. The van der Waals surface area contributed by atoms with Crippen LogP contribution in [0, 0.1) is 0 Å². The van der Waals surface area contributed by atoms with Crippen molar-refractivity contribution in [3.63, 3.8) is 0 Å². The standard InChI is InChI=1S/C20H22N4S/c1-14(2)21-20-23-18(15-8-5-4-6-9-15)13-19(24-20)22-16-10-7-11-17(12-16)25-3/h4-14H,1-3H3,(H2,21,22,23,24). The molecule has 0 saturated heterocycles. The molecule has 0 unspecified atom stereocenters. The Hall–Kier alpha value is -2.53. The summed E-state index contributed by atoms with van der Waals surface area (Å²) in [7, 11) is 0. The summed E-state index contributed by atoms with van der Waals surface area (Å²) in [4.78, 5) is 10.5. The Morgan fingerprint density at radius 1 is 0.920 bits per heavy atom. The van der Waals surface area contributed by atoms with Gasteiger partial charge in [-0.2, -0.15) is 4.98 Å². The molecular weight excluding hydrogens is 328 g/mol. The van der Waals surface area contributed by atoms with Crippen molar-refractivity contribution in [2.24, 2.45) is 0 Å². The van der Waals surface area contributed by atoms with Gasteiger partial charge in [-0.05, 0) is 38.3 Å². The number of hydrogen-bond donors (Lipinski definition) is 2. The van der Waals surface area contributed by atoms with Crippen LogP contribution in [0.3, 0.4) is 0 Å². The summed E-state index contributed by atoms with van der Waals surface area (Å²) in [5.74, 6) is 1.40. The molecule has 0 saturated carbocycles. The van der Waals surface area contributed by atoms with Crippen LogP contribution in [0.4, 0.5) is 17.5 Å². The Bertz CT molecular complexity index is 834. The topological polar surface area (TPSA) is 49.8 Å². The van der Waals surface area contributed by atoms with Crippen molar-refractivity contribution in [3.05, 3.63) is 60.7 Å². The van der Waals surface area contributed by atoms with Crippen molar-refractivity contribution in [2.45, 2.75) is 24.8 Å². The van der Waals surface area contributed by atoms with Crippen LogP contribution in [-0.4, -0.2) is 22.3 Å². The van der Waals surface area contributed by atoms with Gasteiger partial charge >= 0.3 is 0 Å². The Morgan fingerprint density at radius 2 is 1.72 bits per heavy atom. The first kappa shape index (κ1) is 17.3. The summed E-state index contributed by atoms with van der Waals surface area (Å²) in [5.41, 5.74) is 2.97. The molecule has 3 rings (SSSR count). The molecule has 1 heterocycles. The Kier molecular flexibility index (Phi) is 5.56. The van der Waals surface area contributed by atoms with Gasteiger partial charge in [-0.1, -0.05) is 36.4 Å². The van der Waals surface area contributed by atoms with Crippen LogP contribution in [0.5, 0.6) is 0 Å². The van der Waals surface area contributed by atoms with Crippen LogP contribution < -0.4 is 10.6 Å². The third-order valence-corrected chi connectivity index (χ3v) is 4.28. The van der Waals surface area contributed by atoms with E-state index in [1.807, 2.05) is 36.4 Å². The van der Waals surface area contributed by atoms with Crippen LogP contribution in [0.2, 0.25) is 0 Å². The molecule has 0 spiro atoms. The summed E-state index contributed by atoms with van der Waals surface area (Å²) in [6.07, 6.45) is 2.07. The predicted molar refractivity (Wildman–Crippen MR) is 108 cm³/mol. The lowest BCUT2D eigenvalue weighted by atomic mass is 10.1. The molecule has 5 heteroatoms. The van der Waals surface area contributed by atoms with Crippen molar-refractivity contribution in [1.82, 2.24) is 9.97 Å². The van der Waals surface area contributed by atoms with Crippen molar-refractivity contribution >= 4 is 29.2 Å². The van der Waals surface area contributed by atoms with Gasteiger partial charge in [-0.25, -0.2) is 4.98 Å². The van der Waals surface area contributed by atoms with Gasteiger partial charge in [-0.3, -0.25) is 0 Å². The molecule has 25 heavy (non-hydrogen) atoms. The first-order chi connectivity index (χ1) is 12.1. The molecule has 0 bridgehead atoms. The minimum Gasteiger partial charge on any atom is -0.352 e. The zero-order chi connectivity index (χ0) is 17.6.